The Labute approximate surface area is 255 Å². The van der Waals surface area contributed by atoms with E-state index >= 15 is 0 Å². The SMILES string of the molecule is CC(C)(C)C(=O)O[C@@H]1C(OP(C)(C)=O)OC(COCc2ccccc2)[C@@H](OCc2ccccc2)C1OCc1ccccc1. The molecule has 3 aromatic rings. The monoisotopic (exact) mass is 610 g/mol. The Kier molecular flexibility index (Phi) is 11.7. The number of rotatable bonds is 13. The zero-order chi connectivity index (χ0) is 30.9. The first-order valence-electron chi connectivity index (χ1n) is 14.5. The second kappa shape index (κ2) is 15.2. The summed E-state index contributed by atoms with van der Waals surface area (Å²) in [6.07, 6.45) is -4.46. The molecule has 0 amide bonds. The van der Waals surface area contributed by atoms with Gasteiger partial charge in [-0.2, -0.15) is 0 Å². The average Bonchev–Trinajstić information content (AvgIpc) is 2.97. The van der Waals surface area contributed by atoms with E-state index in [-0.39, 0.29) is 19.8 Å². The molecule has 1 aliphatic rings. The fourth-order valence-corrected chi connectivity index (χ4v) is 5.24. The Hall–Kier alpha value is -2.84. The second-order valence-electron chi connectivity index (χ2n) is 12.0. The minimum atomic E-state index is -3.10. The zero-order valence-electron chi connectivity index (χ0n) is 25.6. The quantitative estimate of drug-likeness (QED) is 0.158. The van der Waals surface area contributed by atoms with Gasteiger partial charge in [0.1, 0.15) is 18.3 Å². The lowest BCUT2D eigenvalue weighted by Gasteiger charge is -2.46. The number of esters is 1. The van der Waals surface area contributed by atoms with Gasteiger partial charge in [0.25, 0.3) is 0 Å². The molecule has 0 N–H and O–H groups in total. The fourth-order valence-electron chi connectivity index (χ4n) is 4.57. The molecule has 4 rings (SSSR count). The number of carbonyl (C=O) groups is 1. The van der Waals surface area contributed by atoms with Crippen LogP contribution in [0, 0.1) is 5.41 Å². The van der Waals surface area contributed by atoms with Crippen molar-refractivity contribution in [3.05, 3.63) is 108 Å². The van der Waals surface area contributed by atoms with Crippen molar-refractivity contribution in [1.29, 1.82) is 0 Å². The van der Waals surface area contributed by atoms with Gasteiger partial charge in [-0.05, 0) is 37.5 Å². The number of hydrogen-bond donors (Lipinski definition) is 0. The van der Waals surface area contributed by atoms with Crippen LogP contribution in [0.1, 0.15) is 37.5 Å². The summed E-state index contributed by atoms with van der Waals surface area (Å²) in [4.78, 5) is 13.2. The predicted molar refractivity (Wildman–Crippen MR) is 165 cm³/mol. The third kappa shape index (κ3) is 10.4. The van der Waals surface area contributed by atoms with Gasteiger partial charge in [0, 0.05) is 13.3 Å². The van der Waals surface area contributed by atoms with Crippen LogP contribution in [-0.2, 0) is 57.4 Å². The van der Waals surface area contributed by atoms with E-state index < -0.39 is 49.5 Å². The van der Waals surface area contributed by atoms with Crippen molar-refractivity contribution in [3.63, 3.8) is 0 Å². The lowest BCUT2D eigenvalue weighted by Crippen LogP contribution is -2.62. The number of benzene rings is 3. The van der Waals surface area contributed by atoms with Crippen molar-refractivity contribution in [1.82, 2.24) is 0 Å². The lowest BCUT2D eigenvalue weighted by molar-refractivity contribution is -0.303. The van der Waals surface area contributed by atoms with Crippen LogP contribution in [0.5, 0.6) is 0 Å². The molecule has 1 aliphatic heterocycles. The summed E-state index contributed by atoms with van der Waals surface area (Å²) >= 11 is 0. The Morgan fingerprint density at radius 2 is 1.19 bits per heavy atom. The largest absolute Gasteiger partial charge is 0.454 e. The van der Waals surface area contributed by atoms with E-state index in [4.69, 9.17) is 28.2 Å². The van der Waals surface area contributed by atoms with Crippen LogP contribution in [-0.4, -0.2) is 56.6 Å². The third-order valence-corrected chi connectivity index (χ3v) is 7.48. The summed E-state index contributed by atoms with van der Waals surface area (Å²) in [5.74, 6) is -0.467. The molecule has 3 unspecified atom stereocenters. The first-order chi connectivity index (χ1) is 20.5. The smallest absolute Gasteiger partial charge is 0.311 e. The van der Waals surface area contributed by atoms with E-state index in [1.165, 1.54) is 13.3 Å². The number of carbonyl (C=O) groups excluding carboxylic acids is 1. The van der Waals surface area contributed by atoms with Crippen molar-refractivity contribution >= 4 is 13.3 Å². The van der Waals surface area contributed by atoms with Gasteiger partial charge in [0.05, 0.1) is 31.8 Å². The van der Waals surface area contributed by atoms with Gasteiger partial charge in [0.15, 0.2) is 13.5 Å². The molecule has 0 aromatic heterocycles. The van der Waals surface area contributed by atoms with E-state index in [0.29, 0.717) is 6.61 Å². The van der Waals surface area contributed by atoms with E-state index in [9.17, 15) is 9.36 Å². The van der Waals surface area contributed by atoms with Gasteiger partial charge in [-0.3, -0.25) is 13.9 Å². The molecule has 5 atom stereocenters. The van der Waals surface area contributed by atoms with Crippen LogP contribution in [0.4, 0.5) is 0 Å². The minimum Gasteiger partial charge on any atom is -0.454 e. The molecule has 3 aromatic carbocycles. The molecule has 8 nitrogen and oxygen atoms in total. The zero-order valence-corrected chi connectivity index (χ0v) is 26.5. The van der Waals surface area contributed by atoms with Crippen LogP contribution in [0.25, 0.3) is 0 Å². The molecule has 0 bridgehead atoms. The highest BCUT2D eigenvalue weighted by Crippen LogP contribution is 2.43. The van der Waals surface area contributed by atoms with Crippen LogP contribution in [0.15, 0.2) is 91.0 Å². The second-order valence-corrected chi connectivity index (χ2v) is 14.8. The number of hydrogen-bond acceptors (Lipinski definition) is 8. The molecule has 9 heteroatoms. The highest BCUT2D eigenvalue weighted by atomic mass is 31.2. The first-order valence-corrected chi connectivity index (χ1v) is 17.0. The Morgan fingerprint density at radius 1 is 0.721 bits per heavy atom. The van der Waals surface area contributed by atoms with Crippen molar-refractivity contribution < 1.29 is 37.6 Å². The van der Waals surface area contributed by atoms with Crippen LogP contribution in [0.3, 0.4) is 0 Å². The standard InChI is InChI=1S/C34H43O8P/c1-34(2,3)33(35)41-31-30(39-23-27-19-13-8-14-20-27)29(38-22-26-17-11-7-12-18-26)28(40-32(31)42-43(4,5)36)24-37-21-25-15-9-6-10-16-25/h6-20,28-32H,21-24H2,1-5H3/t28?,29-,30?,31+,32?/m1/s1. The van der Waals surface area contributed by atoms with Crippen molar-refractivity contribution in [2.45, 2.75) is 71.3 Å². The van der Waals surface area contributed by atoms with Crippen molar-refractivity contribution in [2.75, 3.05) is 19.9 Å². The van der Waals surface area contributed by atoms with Gasteiger partial charge in [0.2, 0.25) is 6.29 Å². The van der Waals surface area contributed by atoms with E-state index in [2.05, 4.69) is 0 Å². The molecule has 1 heterocycles. The van der Waals surface area contributed by atoms with Crippen LogP contribution >= 0.6 is 7.37 Å². The summed E-state index contributed by atoms with van der Waals surface area (Å²) < 4.78 is 50.5. The number of ether oxygens (including phenoxy) is 5. The van der Waals surface area contributed by atoms with Gasteiger partial charge in [-0.15, -0.1) is 0 Å². The normalized spacial score (nSPS) is 22.7. The molecule has 0 radical (unpaired) electrons. The molecule has 1 saturated heterocycles. The topological polar surface area (TPSA) is 89.5 Å². The highest BCUT2D eigenvalue weighted by molar-refractivity contribution is 7.57. The molecular formula is C34H43O8P. The van der Waals surface area contributed by atoms with Crippen LogP contribution in [0.2, 0.25) is 0 Å². The fraction of sp³-hybridized carbons (Fsp3) is 0.441. The maximum Gasteiger partial charge on any atom is 0.311 e. The van der Waals surface area contributed by atoms with Crippen molar-refractivity contribution in [3.8, 4) is 0 Å². The average molecular weight is 611 g/mol. The van der Waals surface area contributed by atoms with Crippen LogP contribution < -0.4 is 0 Å². The Bertz CT molecular complexity index is 1310. The molecule has 0 aliphatic carbocycles. The van der Waals surface area contributed by atoms with E-state index in [1.54, 1.807) is 20.8 Å². The maximum atomic E-state index is 13.2. The van der Waals surface area contributed by atoms with Crippen molar-refractivity contribution in [2.24, 2.45) is 5.41 Å². The van der Waals surface area contributed by atoms with Gasteiger partial charge in [-0.25, -0.2) is 0 Å². The molecule has 43 heavy (non-hydrogen) atoms. The first kappa shape index (κ1) is 33.1. The summed E-state index contributed by atoms with van der Waals surface area (Å²) in [6, 6.07) is 29.3. The third-order valence-electron chi connectivity index (χ3n) is 6.77. The van der Waals surface area contributed by atoms with Gasteiger partial charge >= 0.3 is 5.97 Å². The Balaban J connectivity index is 1.67. The van der Waals surface area contributed by atoms with E-state index in [1.807, 2.05) is 91.0 Å². The highest BCUT2D eigenvalue weighted by Gasteiger charge is 2.52. The van der Waals surface area contributed by atoms with Gasteiger partial charge < -0.3 is 23.7 Å². The molecule has 0 spiro atoms. The van der Waals surface area contributed by atoms with Gasteiger partial charge in [-0.1, -0.05) is 91.0 Å². The summed E-state index contributed by atoms with van der Waals surface area (Å²) in [7, 11) is -3.10. The lowest BCUT2D eigenvalue weighted by atomic mass is 9.95. The molecular weight excluding hydrogens is 567 g/mol. The summed E-state index contributed by atoms with van der Waals surface area (Å²) in [5, 5.41) is 0. The predicted octanol–water partition coefficient (Wildman–Crippen LogP) is 6.61. The maximum absolute atomic E-state index is 13.2. The molecule has 232 valence electrons. The summed E-state index contributed by atoms with van der Waals surface area (Å²) in [6.45, 7) is 9.28. The summed E-state index contributed by atoms with van der Waals surface area (Å²) in [5.41, 5.74) is 2.09. The minimum absolute atomic E-state index is 0.136. The van der Waals surface area contributed by atoms with E-state index in [0.717, 1.165) is 16.7 Å². The molecule has 1 fully saturated rings. The molecule has 0 saturated carbocycles. The Morgan fingerprint density at radius 3 is 1.65 bits per heavy atom.